The second-order valence-electron chi connectivity index (χ2n) is 4.99. The topological polar surface area (TPSA) is 48.9 Å². The van der Waals surface area contributed by atoms with Crippen LogP contribution >= 0.6 is 0 Å². The third kappa shape index (κ3) is 6.81. The number of guanidine groups is 1. The first-order chi connectivity index (χ1) is 8.72. The lowest BCUT2D eigenvalue weighted by atomic mass is 10.2. The van der Waals surface area contributed by atoms with Crippen molar-refractivity contribution in [3.8, 4) is 0 Å². The maximum atomic E-state index is 5.33. The van der Waals surface area contributed by atoms with E-state index in [9.17, 15) is 0 Å². The van der Waals surface area contributed by atoms with Gasteiger partial charge in [0.2, 0.25) is 0 Å². The van der Waals surface area contributed by atoms with E-state index in [1.807, 2.05) is 0 Å². The minimum Gasteiger partial charge on any atom is -0.379 e. The van der Waals surface area contributed by atoms with Gasteiger partial charge < -0.3 is 15.4 Å². The van der Waals surface area contributed by atoms with Crippen LogP contribution in [0.1, 0.15) is 20.8 Å². The van der Waals surface area contributed by atoms with E-state index in [4.69, 9.17) is 4.74 Å². The first kappa shape index (κ1) is 15.2. The maximum Gasteiger partial charge on any atom is 0.191 e. The Morgan fingerprint density at radius 2 is 2.00 bits per heavy atom. The Bertz CT molecular complexity index is 237. The van der Waals surface area contributed by atoms with Gasteiger partial charge in [0.25, 0.3) is 0 Å². The first-order valence-electron chi connectivity index (χ1n) is 7.04. The summed E-state index contributed by atoms with van der Waals surface area (Å²) in [5.41, 5.74) is 0. The van der Waals surface area contributed by atoms with Gasteiger partial charge in [0, 0.05) is 39.3 Å². The van der Waals surface area contributed by atoms with Crippen LogP contribution in [0.3, 0.4) is 0 Å². The maximum absolute atomic E-state index is 5.33. The van der Waals surface area contributed by atoms with Crippen molar-refractivity contribution in [2.75, 3.05) is 52.5 Å². The molecule has 0 unspecified atom stereocenters. The Balaban J connectivity index is 2.21. The summed E-state index contributed by atoms with van der Waals surface area (Å²) in [7, 11) is 0. The quantitative estimate of drug-likeness (QED) is 0.538. The highest BCUT2D eigenvalue weighted by atomic mass is 16.5. The Morgan fingerprint density at radius 3 is 2.61 bits per heavy atom. The molecule has 0 radical (unpaired) electrons. The van der Waals surface area contributed by atoms with Crippen LogP contribution in [-0.4, -0.2) is 63.3 Å². The zero-order valence-electron chi connectivity index (χ0n) is 12.0. The predicted molar refractivity (Wildman–Crippen MR) is 76.1 cm³/mol. The highest BCUT2D eigenvalue weighted by Gasteiger charge is 2.09. The SMILES string of the molecule is CCNC(=NCC(C)C)NCCN1CCOCC1. The van der Waals surface area contributed by atoms with Gasteiger partial charge in [0.15, 0.2) is 5.96 Å². The molecule has 1 aliphatic rings. The van der Waals surface area contributed by atoms with Crippen LogP contribution in [0.2, 0.25) is 0 Å². The number of hydrogen-bond acceptors (Lipinski definition) is 3. The third-order valence-electron chi connectivity index (χ3n) is 2.78. The van der Waals surface area contributed by atoms with Crippen LogP contribution in [0.15, 0.2) is 4.99 Å². The zero-order valence-corrected chi connectivity index (χ0v) is 12.0. The van der Waals surface area contributed by atoms with E-state index in [-0.39, 0.29) is 0 Å². The summed E-state index contributed by atoms with van der Waals surface area (Å²) in [6, 6.07) is 0. The smallest absolute Gasteiger partial charge is 0.191 e. The van der Waals surface area contributed by atoms with Crippen LogP contribution in [0.4, 0.5) is 0 Å². The van der Waals surface area contributed by atoms with E-state index in [0.29, 0.717) is 5.92 Å². The molecule has 0 aliphatic carbocycles. The number of aliphatic imine (C=N–C) groups is 1. The van der Waals surface area contributed by atoms with Crippen molar-refractivity contribution in [3.05, 3.63) is 0 Å². The standard InChI is InChI=1S/C13H28N4O/c1-4-14-13(16-11-12(2)3)15-5-6-17-7-9-18-10-8-17/h12H,4-11H2,1-3H3,(H2,14,15,16). The van der Waals surface area contributed by atoms with Crippen LogP contribution < -0.4 is 10.6 Å². The molecule has 1 aliphatic heterocycles. The second-order valence-corrected chi connectivity index (χ2v) is 4.99. The van der Waals surface area contributed by atoms with Gasteiger partial charge in [-0.3, -0.25) is 9.89 Å². The Kier molecular flexibility index (Phi) is 7.76. The van der Waals surface area contributed by atoms with Gasteiger partial charge in [-0.25, -0.2) is 0 Å². The van der Waals surface area contributed by atoms with Gasteiger partial charge in [-0.15, -0.1) is 0 Å². The number of hydrogen-bond donors (Lipinski definition) is 2. The molecule has 2 N–H and O–H groups in total. The lowest BCUT2D eigenvalue weighted by molar-refractivity contribution is 0.0389. The predicted octanol–water partition coefficient (Wildman–Crippen LogP) is 0.530. The van der Waals surface area contributed by atoms with Crippen molar-refractivity contribution in [3.63, 3.8) is 0 Å². The fraction of sp³-hybridized carbons (Fsp3) is 0.923. The molecule has 1 saturated heterocycles. The van der Waals surface area contributed by atoms with Crippen LogP contribution in [0, 0.1) is 5.92 Å². The monoisotopic (exact) mass is 256 g/mol. The second kappa shape index (κ2) is 9.16. The molecule has 18 heavy (non-hydrogen) atoms. The van der Waals surface area contributed by atoms with Crippen LogP contribution in [0.5, 0.6) is 0 Å². The Morgan fingerprint density at radius 1 is 1.28 bits per heavy atom. The summed E-state index contributed by atoms with van der Waals surface area (Å²) in [5, 5.41) is 6.65. The molecule has 1 heterocycles. The van der Waals surface area contributed by atoms with E-state index < -0.39 is 0 Å². The molecule has 106 valence electrons. The highest BCUT2D eigenvalue weighted by Crippen LogP contribution is 1.95. The van der Waals surface area contributed by atoms with Crippen molar-refractivity contribution in [1.82, 2.24) is 15.5 Å². The molecule has 0 aromatic carbocycles. The summed E-state index contributed by atoms with van der Waals surface area (Å²) in [5.74, 6) is 1.53. The summed E-state index contributed by atoms with van der Waals surface area (Å²) in [6.45, 7) is 14.0. The average molecular weight is 256 g/mol. The minimum absolute atomic E-state index is 0.597. The van der Waals surface area contributed by atoms with E-state index in [2.05, 4.69) is 41.3 Å². The fourth-order valence-electron chi connectivity index (χ4n) is 1.77. The van der Waals surface area contributed by atoms with Crippen molar-refractivity contribution in [2.24, 2.45) is 10.9 Å². The molecule has 5 heteroatoms. The van der Waals surface area contributed by atoms with Crippen molar-refractivity contribution in [2.45, 2.75) is 20.8 Å². The number of rotatable bonds is 6. The molecule has 0 bridgehead atoms. The van der Waals surface area contributed by atoms with E-state index in [0.717, 1.165) is 58.4 Å². The Labute approximate surface area is 111 Å². The van der Waals surface area contributed by atoms with Gasteiger partial charge in [-0.05, 0) is 12.8 Å². The molecule has 0 aromatic rings. The van der Waals surface area contributed by atoms with Crippen LogP contribution in [0.25, 0.3) is 0 Å². The third-order valence-corrected chi connectivity index (χ3v) is 2.78. The molecule has 0 saturated carbocycles. The highest BCUT2D eigenvalue weighted by molar-refractivity contribution is 5.79. The first-order valence-corrected chi connectivity index (χ1v) is 7.04. The van der Waals surface area contributed by atoms with Gasteiger partial charge in [0.05, 0.1) is 13.2 Å². The lowest BCUT2D eigenvalue weighted by Crippen LogP contribution is -2.44. The molecule has 0 spiro atoms. The molecular formula is C13H28N4O. The van der Waals surface area contributed by atoms with Crippen LogP contribution in [-0.2, 0) is 4.74 Å². The molecule has 1 rings (SSSR count). The molecule has 5 nitrogen and oxygen atoms in total. The summed E-state index contributed by atoms with van der Waals surface area (Å²) in [6.07, 6.45) is 0. The molecule has 0 amide bonds. The van der Waals surface area contributed by atoms with Gasteiger partial charge in [0.1, 0.15) is 0 Å². The van der Waals surface area contributed by atoms with E-state index >= 15 is 0 Å². The van der Waals surface area contributed by atoms with E-state index in [1.54, 1.807) is 0 Å². The Hall–Kier alpha value is -0.810. The number of ether oxygens (including phenoxy) is 1. The van der Waals surface area contributed by atoms with Crippen molar-refractivity contribution < 1.29 is 4.74 Å². The number of nitrogens with one attached hydrogen (secondary N) is 2. The molecule has 0 aromatic heterocycles. The molecule has 0 atom stereocenters. The van der Waals surface area contributed by atoms with Crippen molar-refractivity contribution >= 4 is 5.96 Å². The summed E-state index contributed by atoms with van der Waals surface area (Å²) >= 11 is 0. The van der Waals surface area contributed by atoms with E-state index in [1.165, 1.54) is 0 Å². The largest absolute Gasteiger partial charge is 0.379 e. The van der Waals surface area contributed by atoms with Crippen molar-refractivity contribution in [1.29, 1.82) is 0 Å². The lowest BCUT2D eigenvalue weighted by Gasteiger charge is -2.26. The number of morpholine rings is 1. The normalized spacial score (nSPS) is 18.1. The molecular weight excluding hydrogens is 228 g/mol. The fourth-order valence-corrected chi connectivity index (χ4v) is 1.77. The van der Waals surface area contributed by atoms with Gasteiger partial charge in [-0.1, -0.05) is 13.8 Å². The zero-order chi connectivity index (χ0) is 13.2. The molecule has 1 fully saturated rings. The summed E-state index contributed by atoms with van der Waals surface area (Å²) < 4.78 is 5.33. The summed E-state index contributed by atoms with van der Waals surface area (Å²) in [4.78, 5) is 6.97. The minimum atomic E-state index is 0.597. The van der Waals surface area contributed by atoms with Gasteiger partial charge in [-0.2, -0.15) is 0 Å². The number of nitrogens with zero attached hydrogens (tertiary/aromatic N) is 2. The average Bonchev–Trinajstić information content (AvgIpc) is 2.37. The van der Waals surface area contributed by atoms with Gasteiger partial charge >= 0.3 is 0 Å².